The molecule has 33 heavy (non-hydrogen) atoms. The predicted octanol–water partition coefficient (Wildman–Crippen LogP) is 6.95. The SMILES string of the molecule is CCCCCc1cc(F)c(C#Cc2ccc(C#Cc3ccc(OC)c(F)c3)c(C)c2)c(F)c1. The first-order chi connectivity index (χ1) is 15.9. The normalized spacial score (nSPS) is 10.1. The Bertz CT molecular complexity index is 1250. The van der Waals surface area contributed by atoms with Gasteiger partial charge in [0.1, 0.15) is 11.6 Å². The molecule has 0 amide bonds. The van der Waals surface area contributed by atoms with E-state index in [-0.39, 0.29) is 11.3 Å². The van der Waals surface area contributed by atoms with Gasteiger partial charge in [-0.1, -0.05) is 43.4 Å². The van der Waals surface area contributed by atoms with Crippen molar-refractivity contribution in [3.05, 3.63) is 99.4 Å². The van der Waals surface area contributed by atoms with Crippen LogP contribution < -0.4 is 4.74 Å². The average Bonchev–Trinajstić information content (AvgIpc) is 2.78. The summed E-state index contributed by atoms with van der Waals surface area (Å²) in [6.07, 6.45) is 3.64. The van der Waals surface area contributed by atoms with Crippen molar-refractivity contribution < 1.29 is 17.9 Å². The lowest BCUT2D eigenvalue weighted by Crippen LogP contribution is -1.95. The molecule has 0 heterocycles. The highest BCUT2D eigenvalue weighted by Crippen LogP contribution is 2.19. The summed E-state index contributed by atoms with van der Waals surface area (Å²) in [4.78, 5) is 0. The zero-order valence-electron chi connectivity index (χ0n) is 19.0. The van der Waals surface area contributed by atoms with E-state index in [1.54, 1.807) is 24.3 Å². The van der Waals surface area contributed by atoms with E-state index in [2.05, 4.69) is 30.6 Å². The summed E-state index contributed by atoms with van der Waals surface area (Å²) in [5, 5.41) is 0. The molecular formula is C29H25F3O. The van der Waals surface area contributed by atoms with Crippen LogP contribution in [0.3, 0.4) is 0 Å². The number of halogens is 3. The highest BCUT2D eigenvalue weighted by atomic mass is 19.1. The maximum atomic E-state index is 14.4. The average molecular weight is 447 g/mol. The molecule has 0 aromatic heterocycles. The zero-order valence-corrected chi connectivity index (χ0v) is 19.0. The van der Waals surface area contributed by atoms with Crippen molar-refractivity contribution in [1.29, 1.82) is 0 Å². The summed E-state index contributed by atoms with van der Waals surface area (Å²) < 4.78 is 47.5. The molecule has 0 aliphatic carbocycles. The van der Waals surface area contributed by atoms with Gasteiger partial charge in [-0.2, -0.15) is 0 Å². The van der Waals surface area contributed by atoms with Crippen LogP contribution in [0.5, 0.6) is 5.75 Å². The third-order valence-electron chi connectivity index (χ3n) is 5.22. The first-order valence-electron chi connectivity index (χ1n) is 10.9. The van der Waals surface area contributed by atoms with Gasteiger partial charge in [-0.05, 0) is 79.4 Å². The van der Waals surface area contributed by atoms with Crippen molar-refractivity contribution in [2.45, 2.75) is 39.5 Å². The van der Waals surface area contributed by atoms with Crippen LogP contribution in [0.4, 0.5) is 13.2 Å². The van der Waals surface area contributed by atoms with Crippen LogP contribution in [0, 0.1) is 48.1 Å². The predicted molar refractivity (Wildman–Crippen MR) is 126 cm³/mol. The third-order valence-corrected chi connectivity index (χ3v) is 5.22. The summed E-state index contributed by atoms with van der Waals surface area (Å²) in [6.45, 7) is 3.96. The lowest BCUT2D eigenvalue weighted by atomic mass is 10.0. The number of hydrogen-bond acceptors (Lipinski definition) is 1. The molecule has 0 fully saturated rings. The fourth-order valence-electron chi connectivity index (χ4n) is 3.37. The number of benzene rings is 3. The molecule has 0 saturated carbocycles. The van der Waals surface area contributed by atoms with Crippen LogP contribution in [0.15, 0.2) is 48.5 Å². The van der Waals surface area contributed by atoms with Crippen molar-refractivity contribution in [1.82, 2.24) is 0 Å². The Morgan fingerprint density at radius 1 is 0.758 bits per heavy atom. The van der Waals surface area contributed by atoms with Crippen molar-refractivity contribution >= 4 is 0 Å². The molecule has 0 aliphatic rings. The molecule has 0 N–H and O–H groups in total. The number of aryl methyl sites for hydroxylation is 2. The molecule has 4 heteroatoms. The Labute approximate surface area is 193 Å². The molecule has 0 unspecified atom stereocenters. The molecule has 0 radical (unpaired) electrons. The number of unbranched alkanes of at least 4 members (excludes halogenated alkanes) is 2. The van der Waals surface area contributed by atoms with Gasteiger partial charge >= 0.3 is 0 Å². The molecule has 3 aromatic carbocycles. The van der Waals surface area contributed by atoms with Gasteiger partial charge in [-0.3, -0.25) is 0 Å². The van der Waals surface area contributed by atoms with E-state index in [1.807, 2.05) is 6.92 Å². The maximum Gasteiger partial charge on any atom is 0.166 e. The first kappa shape index (κ1) is 24.0. The summed E-state index contributed by atoms with van der Waals surface area (Å²) in [7, 11) is 1.41. The second kappa shape index (κ2) is 11.3. The molecule has 3 aromatic rings. The monoisotopic (exact) mass is 446 g/mol. The van der Waals surface area contributed by atoms with Crippen LogP contribution in [-0.4, -0.2) is 7.11 Å². The molecule has 0 saturated heterocycles. The number of hydrogen-bond donors (Lipinski definition) is 0. The maximum absolute atomic E-state index is 14.4. The zero-order chi connectivity index (χ0) is 23.8. The third kappa shape index (κ3) is 6.43. The smallest absolute Gasteiger partial charge is 0.166 e. The summed E-state index contributed by atoms with van der Waals surface area (Å²) >= 11 is 0. The van der Waals surface area contributed by atoms with Crippen LogP contribution in [0.2, 0.25) is 0 Å². The Balaban J connectivity index is 1.78. The molecular weight excluding hydrogens is 421 g/mol. The minimum absolute atomic E-state index is 0.165. The second-order valence-corrected chi connectivity index (χ2v) is 7.77. The quantitative estimate of drug-likeness (QED) is 0.304. The van der Waals surface area contributed by atoms with E-state index in [4.69, 9.17) is 4.74 Å². The molecule has 3 rings (SSSR count). The number of rotatable bonds is 5. The van der Waals surface area contributed by atoms with E-state index in [0.29, 0.717) is 23.1 Å². The largest absolute Gasteiger partial charge is 0.494 e. The highest BCUT2D eigenvalue weighted by molar-refractivity contribution is 5.52. The number of ether oxygens (including phenoxy) is 1. The van der Waals surface area contributed by atoms with E-state index in [1.165, 1.54) is 31.4 Å². The summed E-state index contributed by atoms with van der Waals surface area (Å²) in [5.41, 5.74) is 3.19. The van der Waals surface area contributed by atoms with Gasteiger partial charge in [0, 0.05) is 16.7 Å². The Kier molecular flexibility index (Phi) is 8.22. The van der Waals surface area contributed by atoms with Crippen molar-refractivity contribution in [3.8, 4) is 29.4 Å². The van der Waals surface area contributed by atoms with Gasteiger partial charge in [0.2, 0.25) is 0 Å². The second-order valence-electron chi connectivity index (χ2n) is 7.77. The summed E-state index contributed by atoms with van der Waals surface area (Å²) in [6, 6.07) is 12.6. The highest BCUT2D eigenvalue weighted by Gasteiger charge is 2.09. The Hall–Kier alpha value is -3.63. The van der Waals surface area contributed by atoms with Crippen molar-refractivity contribution in [2.24, 2.45) is 0 Å². The Morgan fingerprint density at radius 2 is 1.42 bits per heavy atom. The van der Waals surface area contributed by atoms with Crippen molar-refractivity contribution in [2.75, 3.05) is 7.11 Å². The van der Waals surface area contributed by atoms with Gasteiger partial charge in [0.15, 0.2) is 11.6 Å². The molecule has 1 nitrogen and oxygen atoms in total. The fourth-order valence-corrected chi connectivity index (χ4v) is 3.37. The molecule has 0 bridgehead atoms. The minimum atomic E-state index is -0.639. The van der Waals surface area contributed by atoms with Crippen LogP contribution in [0.25, 0.3) is 0 Å². The van der Waals surface area contributed by atoms with E-state index in [9.17, 15) is 13.2 Å². The molecule has 0 spiro atoms. The fraction of sp³-hybridized carbons (Fsp3) is 0.241. The Morgan fingerprint density at radius 3 is 2.06 bits per heavy atom. The number of methoxy groups -OCH3 is 1. The van der Waals surface area contributed by atoms with E-state index in [0.717, 1.165) is 30.4 Å². The minimum Gasteiger partial charge on any atom is -0.494 e. The van der Waals surface area contributed by atoms with E-state index < -0.39 is 17.5 Å². The first-order valence-corrected chi connectivity index (χ1v) is 10.9. The van der Waals surface area contributed by atoms with Crippen LogP contribution in [-0.2, 0) is 6.42 Å². The lowest BCUT2D eigenvalue weighted by molar-refractivity contribution is 0.386. The van der Waals surface area contributed by atoms with Gasteiger partial charge in [0.05, 0.1) is 12.7 Å². The summed E-state index contributed by atoms with van der Waals surface area (Å²) in [5.74, 6) is 9.82. The molecule has 0 atom stereocenters. The lowest BCUT2D eigenvalue weighted by Gasteiger charge is -2.04. The van der Waals surface area contributed by atoms with Crippen LogP contribution >= 0.6 is 0 Å². The van der Waals surface area contributed by atoms with Crippen molar-refractivity contribution in [3.63, 3.8) is 0 Å². The van der Waals surface area contributed by atoms with Crippen LogP contribution in [0.1, 0.15) is 59.6 Å². The van der Waals surface area contributed by atoms with Gasteiger partial charge in [-0.25, -0.2) is 13.2 Å². The topological polar surface area (TPSA) is 9.23 Å². The van der Waals surface area contributed by atoms with Gasteiger partial charge in [0.25, 0.3) is 0 Å². The molecule has 0 aliphatic heterocycles. The molecule has 168 valence electrons. The van der Waals surface area contributed by atoms with Gasteiger partial charge in [-0.15, -0.1) is 0 Å². The van der Waals surface area contributed by atoms with Gasteiger partial charge < -0.3 is 4.74 Å². The van der Waals surface area contributed by atoms with E-state index >= 15 is 0 Å². The standard InChI is InChI=1S/C29H25F3O/c1-4-5-6-7-23-18-26(30)25(27(31)19-23)14-10-21-8-12-24(20(2)16-21)13-9-22-11-15-29(33-3)28(32)17-22/h8,11-12,15-19H,4-7H2,1-3H3.